The van der Waals surface area contributed by atoms with Crippen molar-refractivity contribution in [2.75, 3.05) is 7.05 Å². The zero-order valence-corrected chi connectivity index (χ0v) is 12.2. The SMILES string of the molecule is CNCc1cc(Cl)ccc1Oc1ccc(C)cc1C. The molecule has 0 saturated heterocycles. The fourth-order valence-corrected chi connectivity index (χ4v) is 2.20. The van der Waals surface area contributed by atoms with Crippen LogP contribution >= 0.6 is 11.6 Å². The van der Waals surface area contributed by atoms with Gasteiger partial charge in [0.05, 0.1) is 0 Å². The number of hydrogen-bond acceptors (Lipinski definition) is 2. The van der Waals surface area contributed by atoms with E-state index < -0.39 is 0 Å². The second-order valence-electron chi connectivity index (χ2n) is 4.65. The van der Waals surface area contributed by atoms with Crippen molar-refractivity contribution in [1.82, 2.24) is 5.32 Å². The first-order chi connectivity index (χ1) is 9.10. The third kappa shape index (κ3) is 3.49. The van der Waals surface area contributed by atoms with Crippen molar-refractivity contribution >= 4 is 11.6 Å². The van der Waals surface area contributed by atoms with Crippen LogP contribution in [-0.4, -0.2) is 7.05 Å². The summed E-state index contributed by atoms with van der Waals surface area (Å²) in [6, 6.07) is 11.9. The lowest BCUT2D eigenvalue weighted by molar-refractivity contribution is 0.470. The second kappa shape index (κ2) is 6.09. The highest BCUT2D eigenvalue weighted by atomic mass is 35.5. The van der Waals surface area contributed by atoms with Gasteiger partial charge in [-0.2, -0.15) is 0 Å². The molecule has 0 saturated carbocycles. The van der Waals surface area contributed by atoms with Crippen molar-refractivity contribution in [3.63, 3.8) is 0 Å². The zero-order valence-electron chi connectivity index (χ0n) is 11.5. The number of ether oxygens (including phenoxy) is 1. The fourth-order valence-electron chi connectivity index (χ4n) is 2.01. The first-order valence-corrected chi connectivity index (χ1v) is 6.66. The summed E-state index contributed by atoms with van der Waals surface area (Å²) in [4.78, 5) is 0. The van der Waals surface area contributed by atoms with Crippen LogP contribution in [0.15, 0.2) is 36.4 Å². The Bertz CT molecular complexity index is 581. The summed E-state index contributed by atoms with van der Waals surface area (Å²) >= 11 is 6.02. The molecule has 0 unspecified atom stereocenters. The number of aryl methyl sites for hydroxylation is 2. The second-order valence-corrected chi connectivity index (χ2v) is 5.09. The Morgan fingerprint density at radius 1 is 1.05 bits per heavy atom. The van der Waals surface area contributed by atoms with Crippen LogP contribution in [0, 0.1) is 13.8 Å². The molecule has 0 aliphatic heterocycles. The lowest BCUT2D eigenvalue weighted by Gasteiger charge is -2.13. The summed E-state index contributed by atoms with van der Waals surface area (Å²) in [6.07, 6.45) is 0. The van der Waals surface area contributed by atoms with Gasteiger partial charge in [-0.3, -0.25) is 0 Å². The van der Waals surface area contributed by atoms with E-state index in [1.54, 1.807) is 0 Å². The summed E-state index contributed by atoms with van der Waals surface area (Å²) in [6.45, 7) is 4.85. The zero-order chi connectivity index (χ0) is 13.8. The first-order valence-electron chi connectivity index (χ1n) is 6.28. The molecule has 3 heteroatoms. The predicted octanol–water partition coefficient (Wildman–Crippen LogP) is 4.47. The molecule has 2 nitrogen and oxygen atoms in total. The van der Waals surface area contributed by atoms with Gasteiger partial charge < -0.3 is 10.1 Å². The Kier molecular flexibility index (Phi) is 4.46. The summed E-state index contributed by atoms with van der Waals surface area (Å²) in [5.41, 5.74) is 3.41. The van der Waals surface area contributed by atoms with Gasteiger partial charge in [-0.05, 0) is 50.7 Å². The Hall–Kier alpha value is -1.51. The summed E-state index contributed by atoms with van der Waals surface area (Å²) in [5, 5.41) is 3.84. The van der Waals surface area contributed by atoms with E-state index in [9.17, 15) is 0 Å². The molecule has 19 heavy (non-hydrogen) atoms. The molecular formula is C16H18ClNO. The summed E-state index contributed by atoms with van der Waals surface area (Å²) in [5.74, 6) is 1.72. The largest absolute Gasteiger partial charge is 0.457 e. The average Bonchev–Trinajstić information content (AvgIpc) is 2.36. The number of benzene rings is 2. The van der Waals surface area contributed by atoms with Crippen LogP contribution in [0.2, 0.25) is 5.02 Å². The van der Waals surface area contributed by atoms with E-state index in [1.807, 2.05) is 31.3 Å². The maximum atomic E-state index is 6.02. The van der Waals surface area contributed by atoms with Crippen LogP contribution < -0.4 is 10.1 Å². The number of hydrogen-bond donors (Lipinski definition) is 1. The average molecular weight is 276 g/mol. The first kappa shape index (κ1) is 13.9. The molecule has 2 aromatic rings. The minimum absolute atomic E-state index is 0.721. The van der Waals surface area contributed by atoms with Crippen molar-refractivity contribution in [2.24, 2.45) is 0 Å². The van der Waals surface area contributed by atoms with E-state index in [-0.39, 0.29) is 0 Å². The van der Waals surface area contributed by atoms with Crippen molar-refractivity contribution in [1.29, 1.82) is 0 Å². The van der Waals surface area contributed by atoms with Gasteiger partial charge in [0.1, 0.15) is 11.5 Å². The Balaban J connectivity index is 2.32. The molecule has 0 radical (unpaired) electrons. The molecule has 0 bridgehead atoms. The highest BCUT2D eigenvalue weighted by Gasteiger charge is 2.07. The molecular weight excluding hydrogens is 258 g/mol. The van der Waals surface area contributed by atoms with Crippen LogP contribution in [0.3, 0.4) is 0 Å². The molecule has 0 spiro atoms. The molecule has 0 atom stereocenters. The molecule has 0 aliphatic rings. The monoisotopic (exact) mass is 275 g/mol. The third-order valence-corrected chi connectivity index (χ3v) is 3.18. The third-order valence-electron chi connectivity index (χ3n) is 2.94. The van der Waals surface area contributed by atoms with Gasteiger partial charge in [0.25, 0.3) is 0 Å². The van der Waals surface area contributed by atoms with E-state index in [1.165, 1.54) is 5.56 Å². The number of nitrogens with one attached hydrogen (secondary N) is 1. The van der Waals surface area contributed by atoms with Gasteiger partial charge in [0, 0.05) is 17.1 Å². The van der Waals surface area contributed by atoms with Crippen LogP contribution in [0.1, 0.15) is 16.7 Å². The lowest BCUT2D eigenvalue weighted by atomic mass is 10.1. The topological polar surface area (TPSA) is 21.3 Å². The van der Waals surface area contributed by atoms with Crippen molar-refractivity contribution in [3.05, 3.63) is 58.1 Å². The van der Waals surface area contributed by atoms with E-state index in [4.69, 9.17) is 16.3 Å². The van der Waals surface area contributed by atoms with Gasteiger partial charge >= 0.3 is 0 Å². The van der Waals surface area contributed by atoms with E-state index >= 15 is 0 Å². The maximum absolute atomic E-state index is 6.02. The normalized spacial score (nSPS) is 10.5. The minimum atomic E-state index is 0.721. The van der Waals surface area contributed by atoms with E-state index in [0.717, 1.165) is 34.2 Å². The minimum Gasteiger partial charge on any atom is -0.457 e. The molecule has 0 heterocycles. The molecule has 1 N–H and O–H groups in total. The quantitative estimate of drug-likeness (QED) is 0.889. The molecule has 0 fully saturated rings. The smallest absolute Gasteiger partial charge is 0.132 e. The van der Waals surface area contributed by atoms with Crippen LogP contribution in [0.25, 0.3) is 0 Å². The Labute approximate surface area is 119 Å². The van der Waals surface area contributed by atoms with Gasteiger partial charge in [-0.15, -0.1) is 0 Å². The molecule has 0 amide bonds. The fraction of sp³-hybridized carbons (Fsp3) is 0.250. The molecule has 0 aliphatic carbocycles. The van der Waals surface area contributed by atoms with Crippen molar-refractivity contribution < 1.29 is 4.74 Å². The van der Waals surface area contributed by atoms with Gasteiger partial charge in [0.15, 0.2) is 0 Å². The van der Waals surface area contributed by atoms with E-state index in [0.29, 0.717) is 0 Å². The standard InChI is InChI=1S/C16H18ClNO/c1-11-4-6-15(12(2)8-11)19-16-7-5-14(17)9-13(16)10-18-3/h4-9,18H,10H2,1-3H3. The van der Waals surface area contributed by atoms with Crippen molar-refractivity contribution in [3.8, 4) is 11.5 Å². The summed E-state index contributed by atoms with van der Waals surface area (Å²) in [7, 11) is 1.90. The van der Waals surface area contributed by atoms with Crippen LogP contribution in [-0.2, 0) is 6.54 Å². The lowest BCUT2D eigenvalue weighted by Crippen LogP contribution is -2.06. The molecule has 2 aromatic carbocycles. The van der Waals surface area contributed by atoms with Gasteiger partial charge in [-0.1, -0.05) is 29.3 Å². The van der Waals surface area contributed by atoms with Gasteiger partial charge in [-0.25, -0.2) is 0 Å². The molecule has 0 aromatic heterocycles. The molecule has 100 valence electrons. The molecule has 2 rings (SSSR count). The Morgan fingerprint density at radius 2 is 1.79 bits per heavy atom. The van der Waals surface area contributed by atoms with E-state index in [2.05, 4.69) is 31.3 Å². The Morgan fingerprint density at radius 3 is 2.47 bits per heavy atom. The maximum Gasteiger partial charge on any atom is 0.132 e. The predicted molar refractivity (Wildman–Crippen MR) is 80.2 cm³/mol. The highest BCUT2D eigenvalue weighted by Crippen LogP contribution is 2.30. The van der Waals surface area contributed by atoms with Gasteiger partial charge in [0.2, 0.25) is 0 Å². The van der Waals surface area contributed by atoms with Crippen LogP contribution in [0.4, 0.5) is 0 Å². The highest BCUT2D eigenvalue weighted by molar-refractivity contribution is 6.30. The number of rotatable bonds is 4. The number of halogens is 1. The summed E-state index contributed by atoms with van der Waals surface area (Å²) < 4.78 is 6.00. The van der Waals surface area contributed by atoms with Crippen molar-refractivity contribution in [2.45, 2.75) is 20.4 Å². The van der Waals surface area contributed by atoms with Crippen LogP contribution in [0.5, 0.6) is 11.5 Å².